The number of aliphatic imine (C=N–C) groups is 1. The van der Waals surface area contributed by atoms with Crippen molar-refractivity contribution in [3.63, 3.8) is 0 Å². The average molecular weight is 428 g/mol. The zero-order valence-electron chi connectivity index (χ0n) is 17.1. The number of piperazine rings is 1. The predicted octanol–water partition coefficient (Wildman–Crippen LogP) is 1.04. The fraction of sp³-hybridized carbons (Fsp3) is 0.611. The molecule has 1 heterocycles. The Balaban J connectivity index is 1.90. The molecule has 1 saturated heterocycles. The molecule has 0 unspecified atom stereocenters. The Morgan fingerprint density at radius 1 is 1.28 bits per heavy atom. The van der Waals surface area contributed by atoms with Gasteiger partial charge in [-0.15, -0.1) is 0 Å². The standard InChI is InChI=1S/C18H29N5O5S/c1-15(2)28-12-13-29(26,27)22-10-8-21(9-11-22)18(19-3)20-14-16-6-4-5-7-17(16)23(24)25/h4-7,15H,8-14H2,1-3H3,(H,19,20). The average Bonchev–Trinajstić information content (AvgIpc) is 2.68. The highest BCUT2D eigenvalue weighted by molar-refractivity contribution is 7.89. The maximum absolute atomic E-state index is 12.4. The van der Waals surface area contributed by atoms with E-state index in [0.29, 0.717) is 37.7 Å². The lowest BCUT2D eigenvalue weighted by Gasteiger charge is -2.35. The molecule has 1 aliphatic heterocycles. The molecule has 1 aromatic rings. The van der Waals surface area contributed by atoms with Gasteiger partial charge in [0, 0.05) is 51.4 Å². The van der Waals surface area contributed by atoms with Crippen molar-refractivity contribution in [1.29, 1.82) is 0 Å². The minimum absolute atomic E-state index is 0.00288. The van der Waals surface area contributed by atoms with Crippen LogP contribution in [0.3, 0.4) is 0 Å². The van der Waals surface area contributed by atoms with E-state index < -0.39 is 14.9 Å². The third kappa shape index (κ3) is 6.65. The molecule has 1 N–H and O–H groups in total. The van der Waals surface area contributed by atoms with E-state index in [0.717, 1.165) is 0 Å². The summed E-state index contributed by atoms with van der Waals surface area (Å²) >= 11 is 0. The van der Waals surface area contributed by atoms with Crippen LogP contribution in [0.2, 0.25) is 0 Å². The Morgan fingerprint density at radius 2 is 1.93 bits per heavy atom. The Labute approximate surface area is 171 Å². The van der Waals surface area contributed by atoms with E-state index in [-0.39, 0.29) is 30.7 Å². The van der Waals surface area contributed by atoms with E-state index in [1.807, 2.05) is 18.7 Å². The second-order valence-electron chi connectivity index (χ2n) is 6.91. The lowest BCUT2D eigenvalue weighted by molar-refractivity contribution is -0.385. The van der Waals surface area contributed by atoms with Gasteiger partial charge < -0.3 is 15.0 Å². The summed E-state index contributed by atoms with van der Waals surface area (Å²) in [5, 5.41) is 14.3. The Morgan fingerprint density at radius 3 is 2.52 bits per heavy atom. The molecule has 1 aliphatic rings. The zero-order valence-corrected chi connectivity index (χ0v) is 17.9. The third-order valence-electron chi connectivity index (χ3n) is 4.56. The van der Waals surface area contributed by atoms with Crippen molar-refractivity contribution in [3.05, 3.63) is 39.9 Å². The number of ether oxygens (including phenoxy) is 1. The molecule has 0 spiro atoms. The van der Waals surface area contributed by atoms with Gasteiger partial charge in [0.2, 0.25) is 10.0 Å². The lowest BCUT2D eigenvalue weighted by atomic mass is 10.2. The number of benzene rings is 1. The SMILES string of the molecule is CN=C(NCc1ccccc1[N+](=O)[O-])N1CCN(S(=O)(=O)CCOC(C)C)CC1. The molecule has 0 saturated carbocycles. The number of hydrogen-bond acceptors (Lipinski definition) is 6. The molecule has 10 nitrogen and oxygen atoms in total. The Hall–Kier alpha value is -2.24. The molecule has 11 heteroatoms. The molecular formula is C18H29N5O5S. The van der Waals surface area contributed by atoms with Crippen LogP contribution < -0.4 is 5.32 Å². The van der Waals surface area contributed by atoms with Gasteiger partial charge in [0.05, 0.1) is 23.4 Å². The van der Waals surface area contributed by atoms with Crippen molar-refractivity contribution < 1.29 is 18.1 Å². The van der Waals surface area contributed by atoms with Gasteiger partial charge in [-0.3, -0.25) is 15.1 Å². The summed E-state index contributed by atoms with van der Waals surface area (Å²) in [5.41, 5.74) is 0.611. The normalized spacial score (nSPS) is 16.3. The quantitative estimate of drug-likeness (QED) is 0.285. The smallest absolute Gasteiger partial charge is 0.274 e. The van der Waals surface area contributed by atoms with E-state index >= 15 is 0 Å². The second kappa shape index (κ2) is 10.5. The van der Waals surface area contributed by atoms with Crippen molar-refractivity contribution in [1.82, 2.24) is 14.5 Å². The van der Waals surface area contributed by atoms with Crippen LogP contribution in [-0.2, 0) is 21.3 Å². The van der Waals surface area contributed by atoms with E-state index in [1.54, 1.807) is 25.2 Å². The molecule has 0 aliphatic carbocycles. The molecule has 1 fully saturated rings. The molecule has 29 heavy (non-hydrogen) atoms. The van der Waals surface area contributed by atoms with Crippen LogP contribution in [0.1, 0.15) is 19.4 Å². The van der Waals surface area contributed by atoms with Crippen molar-refractivity contribution in [2.45, 2.75) is 26.5 Å². The van der Waals surface area contributed by atoms with E-state index in [9.17, 15) is 18.5 Å². The van der Waals surface area contributed by atoms with Crippen LogP contribution in [0.25, 0.3) is 0 Å². The zero-order chi connectivity index (χ0) is 21.4. The number of nitrogens with one attached hydrogen (secondary N) is 1. The van der Waals surface area contributed by atoms with E-state index in [2.05, 4.69) is 10.3 Å². The first-order valence-electron chi connectivity index (χ1n) is 9.52. The molecule has 0 radical (unpaired) electrons. The van der Waals surface area contributed by atoms with Crippen LogP contribution >= 0.6 is 0 Å². The number of guanidine groups is 1. The first kappa shape index (κ1) is 23.0. The monoisotopic (exact) mass is 427 g/mol. The van der Waals surface area contributed by atoms with Crippen LogP contribution in [0.4, 0.5) is 5.69 Å². The topological polar surface area (TPSA) is 117 Å². The Bertz CT molecular complexity index is 820. The maximum atomic E-state index is 12.4. The summed E-state index contributed by atoms with van der Waals surface area (Å²) in [6, 6.07) is 6.54. The summed E-state index contributed by atoms with van der Waals surface area (Å²) in [6.07, 6.45) is -0.00288. The van der Waals surface area contributed by atoms with Crippen molar-refractivity contribution in [3.8, 4) is 0 Å². The highest BCUT2D eigenvalue weighted by atomic mass is 32.2. The second-order valence-corrected chi connectivity index (χ2v) is 9.00. The van der Waals surface area contributed by atoms with E-state index in [1.165, 1.54) is 10.4 Å². The van der Waals surface area contributed by atoms with Gasteiger partial charge in [0.15, 0.2) is 5.96 Å². The lowest BCUT2D eigenvalue weighted by Crippen LogP contribution is -2.54. The van der Waals surface area contributed by atoms with Crippen molar-refractivity contribution >= 4 is 21.7 Å². The minimum atomic E-state index is -3.36. The highest BCUT2D eigenvalue weighted by Crippen LogP contribution is 2.17. The molecule has 2 rings (SSSR count). The third-order valence-corrected chi connectivity index (χ3v) is 6.40. The summed E-state index contributed by atoms with van der Waals surface area (Å²) in [4.78, 5) is 16.9. The number of para-hydroxylation sites is 1. The number of rotatable bonds is 8. The van der Waals surface area contributed by atoms with Gasteiger partial charge in [-0.2, -0.15) is 4.31 Å². The molecule has 0 aromatic heterocycles. The highest BCUT2D eigenvalue weighted by Gasteiger charge is 2.28. The molecule has 0 bridgehead atoms. The largest absolute Gasteiger partial charge is 0.378 e. The van der Waals surface area contributed by atoms with Gasteiger partial charge in [0.1, 0.15) is 0 Å². The number of nitro groups is 1. The van der Waals surface area contributed by atoms with Crippen molar-refractivity contribution in [2.75, 3.05) is 45.6 Å². The molecule has 0 atom stereocenters. The predicted molar refractivity (Wildman–Crippen MR) is 111 cm³/mol. The summed E-state index contributed by atoms with van der Waals surface area (Å²) in [6.45, 7) is 5.87. The van der Waals surface area contributed by atoms with Crippen LogP contribution in [0.5, 0.6) is 0 Å². The molecule has 162 valence electrons. The number of nitrogens with zero attached hydrogens (tertiary/aromatic N) is 4. The van der Waals surface area contributed by atoms with Gasteiger partial charge in [-0.25, -0.2) is 8.42 Å². The maximum Gasteiger partial charge on any atom is 0.274 e. The molecule has 0 amide bonds. The van der Waals surface area contributed by atoms with Crippen molar-refractivity contribution in [2.24, 2.45) is 4.99 Å². The van der Waals surface area contributed by atoms with Gasteiger partial charge in [-0.1, -0.05) is 18.2 Å². The summed E-state index contributed by atoms with van der Waals surface area (Å²) in [7, 11) is -1.73. The van der Waals surface area contributed by atoms with E-state index in [4.69, 9.17) is 4.74 Å². The van der Waals surface area contributed by atoms with Gasteiger partial charge >= 0.3 is 0 Å². The fourth-order valence-corrected chi connectivity index (χ4v) is 4.33. The van der Waals surface area contributed by atoms with Gasteiger partial charge in [0.25, 0.3) is 5.69 Å². The van der Waals surface area contributed by atoms with Gasteiger partial charge in [-0.05, 0) is 13.8 Å². The number of nitro benzene ring substituents is 1. The van der Waals surface area contributed by atoms with Crippen LogP contribution in [0, 0.1) is 10.1 Å². The number of sulfonamides is 1. The Kier molecular flexibility index (Phi) is 8.35. The molecule has 1 aromatic carbocycles. The number of hydrogen-bond donors (Lipinski definition) is 1. The summed E-state index contributed by atoms with van der Waals surface area (Å²) < 4.78 is 31.7. The van der Waals surface area contributed by atoms with Crippen LogP contribution in [0.15, 0.2) is 29.3 Å². The summed E-state index contributed by atoms with van der Waals surface area (Å²) in [5.74, 6) is 0.555. The first-order chi connectivity index (χ1) is 13.7. The minimum Gasteiger partial charge on any atom is -0.378 e. The first-order valence-corrected chi connectivity index (χ1v) is 11.1. The molecular weight excluding hydrogens is 398 g/mol. The fourth-order valence-electron chi connectivity index (χ4n) is 3.04. The van der Waals surface area contributed by atoms with Crippen LogP contribution in [-0.4, -0.2) is 80.2 Å².